The van der Waals surface area contributed by atoms with E-state index >= 15 is 0 Å². The molecule has 1 aliphatic heterocycles. The first-order valence-electron chi connectivity index (χ1n) is 9.51. The number of aromatic nitrogens is 2. The molecule has 1 aromatic heterocycles. The summed E-state index contributed by atoms with van der Waals surface area (Å²) in [5.41, 5.74) is 4.86. The van der Waals surface area contributed by atoms with E-state index < -0.39 is 10.0 Å². The minimum atomic E-state index is -3.19. The number of carbonyl (C=O) groups excluding carboxylic acids is 1. The average Bonchev–Trinajstić information content (AvgIpc) is 2.90. The highest BCUT2D eigenvalue weighted by molar-refractivity contribution is 7.88. The third-order valence-corrected chi connectivity index (χ3v) is 6.81. The van der Waals surface area contributed by atoms with Gasteiger partial charge in [-0.3, -0.25) is 9.48 Å². The van der Waals surface area contributed by atoms with Crippen LogP contribution in [0.15, 0.2) is 24.3 Å². The molecular formula is C20H28N4O3S. The Morgan fingerprint density at radius 1 is 1.18 bits per heavy atom. The van der Waals surface area contributed by atoms with Crippen molar-refractivity contribution < 1.29 is 13.2 Å². The fourth-order valence-electron chi connectivity index (χ4n) is 3.66. The second-order valence-electron chi connectivity index (χ2n) is 7.56. The first-order chi connectivity index (χ1) is 13.2. The fourth-order valence-corrected chi connectivity index (χ4v) is 4.53. The number of nitrogens with zero attached hydrogens (tertiary/aromatic N) is 3. The molecule has 152 valence electrons. The zero-order chi connectivity index (χ0) is 20.5. The predicted octanol–water partition coefficient (Wildman–Crippen LogP) is 2.47. The SMILES string of the molecule is Cc1ccccc1Cn1nc(C)c(NC(=O)C2CCN(S(C)(=O)=O)CC2)c1C. The van der Waals surface area contributed by atoms with Crippen LogP contribution in [0, 0.1) is 26.7 Å². The highest BCUT2D eigenvalue weighted by atomic mass is 32.2. The topological polar surface area (TPSA) is 84.3 Å². The number of nitrogens with one attached hydrogen (secondary N) is 1. The number of benzene rings is 1. The lowest BCUT2D eigenvalue weighted by atomic mass is 9.97. The van der Waals surface area contributed by atoms with Crippen molar-refractivity contribution in [1.29, 1.82) is 0 Å². The lowest BCUT2D eigenvalue weighted by Gasteiger charge is -2.29. The molecule has 0 radical (unpaired) electrons. The van der Waals surface area contributed by atoms with Crippen LogP contribution >= 0.6 is 0 Å². The van der Waals surface area contributed by atoms with Gasteiger partial charge >= 0.3 is 0 Å². The van der Waals surface area contributed by atoms with E-state index in [1.165, 1.54) is 21.7 Å². The first-order valence-corrected chi connectivity index (χ1v) is 11.4. The van der Waals surface area contributed by atoms with E-state index in [2.05, 4.69) is 29.5 Å². The van der Waals surface area contributed by atoms with Crippen LogP contribution in [0.1, 0.15) is 35.4 Å². The highest BCUT2D eigenvalue weighted by Gasteiger charge is 2.29. The number of carbonyl (C=O) groups is 1. The molecule has 0 saturated carbocycles. The van der Waals surface area contributed by atoms with E-state index in [0.29, 0.717) is 32.5 Å². The van der Waals surface area contributed by atoms with E-state index in [1.807, 2.05) is 30.7 Å². The van der Waals surface area contributed by atoms with Crippen molar-refractivity contribution in [1.82, 2.24) is 14.1 Å². The zero-order valence-electron chi connectivity index (χ0n) is 16.9. The number of hydrogen-bond donors (Lipinski definition) is 1. The monoisotopic (exact) mass is 404 g/mol. The summed E-state index contributed by atoms with van der Waals surface area (Å²) in [6.45, 7) is 7.36. The molecule has 1 amide bonds. The molecule has 0 bridgehead atoms. The van der Waals surface area contributed by atoms with E-state index in [4.69, 9.17) is 0 Å². The molecule has 28 heavy (non-hydrogen) atoms. The lowest BCUT2D eigenvalue weighted by molar-refractivity contribution is -0.120. The number of rotatable bonds is 5. The van der Waals surface area contributed by atoms with Crippen LogP contribution in [0.25, 0.3) is 0 Å². The molecule has 7 nitrogen and oxygen atoms in total. The van der Waals surface area contributed by atoms with Crippen molar-refractivity contribution in [2.75, 3.05) is 24.7 Å². The summed E-state index contributed by atoms with van der Waals surface area (Å²) in [4.78, 5) is 12.7. The standard InChI is InChI=1S/C20H28N4O3S/c1-14-7-5-6-8-18(14)13-24-16(3)19(15(2)22-24)21-20(25)17-9-11-23(12-10-17)28(4,26)27/h5-8,17H,9-13H2,1-4H3,(H,21,25). The molecular weight excluding hydrogens is 376 g/mol. The summed E-state index contributed by atoms with van der Waals surface area (Å²) in [6, 6.07) is 8.19. The van der Waals surface area contributed by atoms with Gasteiger partial charge < -0.3 is 5.32 Å². The van der Waals surface area contributed by atoms with Crippen molar-refractivity contribution >= 4 is 21.6 Å². The van der Waals surface area contributed by atoms with E-state index in [-0.39, 0.29) is 11.8 Å². The van der Waals surface area contributed by atoms with Crippen LogP contribution in [0.4, 0.5) is 5.69 Å². The maximum absolute atomic E-state index is 12.7. The Bertz CT molecular complexity index is 973. The molecule has 1 fully saturated rings. The van der Waals surface area contributed by atoms with Gasteiger partial charge in [-0.05, 0) is 44.7 Å². The van der Waals surface area contributed by atoms with Gasteiger partial charge in [-0.1, -0.05) is 24.3 Å². The minimum absolute atomic E-state index is 0.0604. The van der Waals surface area contributed by atoms with Gasteiger partial charge in [0.2, 0.25) is 15.9 Å². The molecule has 2 heterocycles. The molecule has 0 spiro atoms. The van der Waals surface area contributed by atoms with Crippen molar-refractivity contribution in [3.05, 3.63) is 46.8 Å². The van der Waals surface area contributed by atoms with Crippen LogP contribution in [-0.4, -0.2) is 47.8 Å². The largest absolute Gasteiger partial charge is 0.323 e. The normalized spacial score (nSPS) is 16.3. The Labute approximate surface area is 166 Å². The van der Waals surface area contributed by atoms with Crippen LogP contribution in [-0.2, 0) is 21.4 Å². The highest BCUT2D eigenvalue weighted by Crippen LogP contribution is 2.25. The summed E-state index contributed by atoms with van der Waals surface area (Å²) in [7, 11) is -3.19. The van der Waals surface area contributed by atoms with Crippen molar-refractivity contribution in [3.8, 4) is 0 Å². The number of anilines is 1. The van der Waals surface area contributed by atoms with Gasteiger partial charge in [0.1, 0.15) is 0 Å². The molecule has 3 rings (SSSR count). The second kappa shape index (κ2) is 8.05. The number of amides is 1. The summed E-state index contributed by atoms with van der Waals surface area (Å²) >= 11 is 0. The Balaban J connectivity index is 1.69. The van der Waals surface area contributed by atoms with Gasteiger partial charge in [-0.15, -0.1) is 0 Å². The molecule has 1 N–H and O–H groups in total. The van der Waals surface area contributed by atoms with E-state index in [9.17, 15) is 13.2 Å². The Kier molecular flexibility index (Phi) is 5.90. The molecule has 0 aliphatic carbocycles. The Morgan fingerprint density at radius 2 is 1.82 bits per heavy atom. The van der Waals surface area contributed by atoms with E-state index in [0.717, 1.165) is 17.1 Å². The molecule has 1 aromatic carbocycles. The van der Waals surface area contributed by atoms with Crippen LogP contribution in [0.3, 0.4) is 0 Å². The first kappa shape index (κ1) is 20.5. The number of hydrogen-bond acceptors (Lipinski definition) is 4. The molecule has 0 atom stereocenters. The second-order valence-corrected chi connectivity index (χ2v) is 9.54. The summed E-state index contributed by atoms with van der Waals surface area (Å²) in [5.74, 6) is -0.244. The molecule has 0 unspecified atom stereocenters. The smallest absolute Gasteiger partial charge is 0.227 e. The van der Waals surface area contributed by atoms with Gasteiger partial charge in [0.25, 0.3) is 0 Å². The third-order valence-electron chi connectivity index (χ3n) is 5.50. The van der Waals surface area contributed by atoms with Gasteiger partial charge in [0, 0.05) is 19.0 Å². The van der Waals surface area contributed by atoms with Gasteiger partial charge in [0.05, 0.1) is 29.9 Å². The third kappa shape index (κ3) is 4.44. The van der Waals surface area contributed by atoms with Gasteiger partial charge in [-0.2, -0.15) is 5.10 Å². The number of aryl methyl sites for hydroxylation is 2. The van der Waals surface area contributed by atoms with Crippen LogP contribution in [0.5, 0.6) is 0 Å². The molecule has 8 heteroatoms. The quantitative estimate of drug-likeness (QED) is 0.830. The number of sulfonamides is 1. The average molecular weight is 405 g/mol. The Hall–Kier alpha value is -2.19. The van der Waals surface area contributed by atoms with E-state index in [1.54, 1.807) is 0 Å². The molecule has 1 saturated heterocycles. The van der Waals surface area contributed by atoms with Crippen molar-refractivity contribution in [2.45, 2.75) is 40.2 Å². The predicted molar refractivity (Wildman–Crippen MR) is 110 cm³/mol. The van der Waals surface area contributed by atoms with Gasteiger partial charge in [0.15, 0.2) is 0 Å². The number of piperidine rings is 1. The van der Waals surface area contributed by atoms with Gasteiger partial charge in [-0.25, -0.2) is 12.7 Å². The molecule has 1 aliphatic rings. The zero-order valence-corrected chi connectivity index (χ0v) is 17.7. The summed E-state index contributed by atoms with van der Waals surface area (Å²) < 4.78 is 26.6. The minimum Gasteiger partial charge on any atom is -0.323 e. The van der Waals surface area contributed by atoms with Crippen LogP contribution in [0.2, 0.25) is 0 Å². The summed E-state index contributed by atoms with van der Waals surface area (Å²) in [6.07, 6.45) is 2.28. The van der Waals surface area contributed by atoms with Crippen molar-refractivity contribution in [3.63, 3.8) is 0 Å². The van der Waals surface area contributed by atoms with Crippen molar-refractivity contribution in [2.24, 2.45) is 5.92 Å². The lowest BCUT2D eigenvalue weighted by Crippen LogP contribution is -2.41. The maximum atomic E-state index is 12.7. The Morgan fingerprint density at radius 3 is 2.43 bits per heavy atom. The van der Waals surface area contributed by atoms with Crippen LogP contribution < -0.4 is 5.32 Å². The maximum Gasteiger partial charge on any atom is 0.227 e. The summed E-state index contributed by atoms with van der Waals surface area (Å²) in [5, 5.41) is 7.64. The fraction of sp³-hybridized carbons (Fsp3) is 0.500. The molecule has 2 aromatic rings.